The van der Waals surface area contributed by atoms with Gasteiger partial charge in [0, 0.05) is 5.56 Å². The zero-order chi connectivity index (χ0) is 11.4. The van der Waals surface area contributed by atoms with Gasteiger partial charge >= 0.3 is 0 Å². The minimum Gasteiger partial charge on any atom is -0.491 e. The highest BCUT2D eigenvalue weighted by Gasteiger charge is 2.23. The van der Waals surface area contributed by atoms with E-state index < -0.39 is 0 Å². The molecular formula is C11H11N3OS. The molecule has 1 aromatic rings. The van der Waals surface area contributed by atoms with Gasteiger partial charge in [-0.3, -0.25) is 5.32 Å². The van der Waals surface area contributed by atoms with Crippen molar-refractivity contribution in [1.29, 1.82) is 5.26 Å². The Morgan fingerprint density at radius 2 is 2.44 bits per heavy atom. The van der Waals surface area contributed by atoms with Gasteiger partial charge in [-0.05, 0) is 12.3 Å². The molecule has 0 radical (unpaired) electrons. The van der Waals surface area contributed by atoms with E-state index in [0.717, 1.165) is 11.3 Å². The van der Waals surface area contributed by atoms with Gasteiger partial charge in [0.2, 0.25) is 0 Å². The van der Waals surface area contributed by atoms with Gasteiger partial charge < -0.3 is 4.74 Å². The van der Waals surface area contributed by atoms with Crippen LogP contribution in [0, 0.1) is 11.5 Å². The smallest absolute Gasteiger partial charge is 0.183 e. The highest BCUT2D eigenvalue weighted by Crippen LogP contribution is 2.34. The molecule has 0 aliphatic carbocycles. The summed E-state index contributed by atoms with van der Waals surface area (Å²) in [5.74, 6) is 0.883. The van der Waals surface area contributed by atoms with Crippen molar-refractivity contribution in [2.45, 2.75) is 6.04 Å². The van der Waals surface area contributed by atoms with Gasteiger partial charge in [-0.2, -0.15) is 5.26 Å². The van der Waals surface area contributed by atoms with Crippen molar-refractivity contribution in [1.82, 2.24) is 5.32 Å². The molecule has 4 nitrogen and oxygen atoms in total. The summed E-state index contributed by atoms with van der Waals surface area (Å²) in [6.07, 6.45) is 3.75. The molecule has 0 aromatic heterocycles. The van der Waals surface area contributed by atoms with Gasteiger partial charge in [0.25, 0.3) is 0 Å². The maximum absolute atomic E-state index is 8.55. The number of thioether (sulfide) groups is 1. The van der Waals surface area contributed by atoms with Crippen molar-refractivity contribution < 1.29 is 4.74 Å². The van der Waals surface area contributed by atoms with E-state index in [-0.39, 0.29) is 6.04 Å². The number of hydrogen-bond donors (Lipinski definition) is 1. The van der Waals surface area contributed by atoms with Gasteiger partial charge in [0.05, 0.1) is 0 Å². The maximum atomic E-state index is 8.55. The number of hydrogen-bond acceptors (Lipinski definition) is 4. The van der Waals surface area contributed by atoms with Crippen LogP contribution in [0.5, 0.6) is 5.75 Å². The number of ether oxygens (including phenoxy) is 1. The van der Waals surface area contributed by atoms with Crippen LogP contribution < -0.4 is 10.1 Å². The van der Waals surface area contributed by atoms with Gasteiger partial charge in [0.1, 0.15) is 18.4 Å². The molecule has 1 heterocycles. The Labute approximate surface area is 98.3 Å². The van der Waals surface area contributed by atoms with Crippen LogP contribution in [-0.4, -0.2) is 18.0 Å². The molecule has 0 saturated carbocycles. The fourth-order valence-electron chi connectivity index (χ4n) is 1.58. The van der Waals surface area contributed by atoms with E-state index in [1.54, 1.807) is 0 Å². The third-order valence-corrected chi connectivity index (χ3v) is 2.90. The highest BCUT2D eigenvalue weighted by atomic mass is 32.2. The molecule has 1 unspecified atom stereocenters. The average molecular weight is 233 g/mol. The van der Waals surface area contributed by atoms with Crippen LogP contribution in [-0.2, 0) is 0 Å². The molecule has 0 spiro atoms. The van der Waals surface area contributed by atoms with Crippen molar-refractivity contribution in [3.8, 4) is 11.9 Å². The lowest BCUT2D eigenvalue weighted by molar-refractivity contribution is 0.334. The van der Waals surface area contributed by atoms with Crippen molar-refractivity contribution in [2.75, 3.05) is 12.9 Å². The minimum absolute atomic E-state index is 0.0144. The van der Waals surface area contributed by atoms with Crippen LogP contribution in [0.4, 0.5) is 0 Å². The quantitative estimate of drug-likeness (QED) is 0.348. The van der Waals surface area contributed by atoms with Crippen molar-refractivity contribution in [3.05, 3.63) is 29.8 Å². The lowest BCUT2D eigenvalue weighted by Gasteiger charge is -2.05. The summed E-state index contributed by atoms with van der Waals surface area (Å²) < 4.78 is 5.51. The number of rotatable bonds is 1. The van der Waals surface area contributed by atoms with E-state index in [2.05, 4.69) is 10.3 Å². The predicted octanol–water partition coefficient (Wildman–Crippen LogP) is 1.91. The second kappa shape index (κ2) is 4.90. The van der Waals surface area contributed by atoms with E-state index in [4.69, 9.17) is 10.00 Å². The highest BCUT2D eigenvalue weighted by molar-refractivity contribution is 8.13. The summed E-state index contributed by atoms with van der Waals surface area (Å²) in [7, 11) is 0. The van der Waals surface area contributed by atoms with Gasteiger partial charge in [0.15, 0.2) is 11.4 Å². The van der Waals surface area contributed by atoms with E-state index in [1.165, 1.54) is 11.8 Å². The van der Waals surface area contributed by atoms with Gasteiger partial charge in [-0.1, -0.05) is 30.0 Å². The SMILES string of the molecule is CSC(=NC1COc2ccccc21)NC#N. The molecule has 0 saturated heterocycles. The summed E-state index contributed by atoms with van der Waals surface area (Å²) >= 11 is 1.42. The number of nitrogens with zero attached hydrogens (tertiary/aromatic N) is 2. The Balaban J connectivity index is 2.22. The summed E-state index contributed by atoms with van der Waals surface area (Å²) in [6.45, 7) is 0.538. The van der Waals surface area contributed by atoms with Crippen molar-refractivity contribution in [2.24, 2.45) is 4.99 Å². The number of fused-ring (bicyclic) bond motifs is 1. The van der Waals surface area contributed by atoms with Crippen LogP contribution in [0.2, 0.25) is 0 Å². The molecular weight excluding hydrogens is 222 g/mol. The Hall–Kier alpha value is -1.67. The number of aliphatic imine (C=N–C) groups is 1. The summed E-state index contributed by atoms with van der Waals surface area (Å²) in [5.41, 5.74) is 1.08. The maximum Gasteiger partial charge on any atom is 0.183 e. The summed E-state index contributed by atoms with van der Waals surface area (Å²) in [4.78, 5) is 4.45. The van der Waals surface area contributed by atoms with Crippen molar-refractivity contribution >= 4 is 16.9 Å². The van der Waals surface area contributed by atoms with E-state index in [0.29, 0.717) is 11.8 Å². The Bertz CT molecular complexity index is 453. The summed E-state index contributed by atoms with van der Waals surface area (Å²) in [6, 6.07) is 7.82. The third-order valence-electron chi connectivity index (χ3n) is 2.30. The van der Waals surface area contributed by atoms with Crippen LogP contribution in [0.25, 0.3) is 0 Å². The number of benzene rings is 1. The molecule has 0 fully saturated rings. The molecule has 1 N–H and O–H groups in total. The van der Waals surface area contributed by atoms with Crippen LogP contribution >= 0.6 is 11.8 Å². The molecule has 0 bridgehead atoms. The Kier molecular flexibility index (Phi) is 3.32. The number of para-hydroxylation sites is 1. The number of nitrogens with one attached hydrogen (secondary N) is 1. The molecule has 82 valence electrons. The van der Waals surface area contributed by atoms with Crippen LogP contribution in [0.15, 0.2) is 29.3 Å². The second-order valence-corrected chi connectivity index (χ2v) is 4.03. The topological polar surface area (TPSA) is 57.4 Å². The fourth-order valence-corrected chi connectivity index (χ4v) is 1.96. The van der Waals surface area contributed by atoms with E-state index in [9.17, 15) is 0 Å². The van der Waals surface area contributed by atoms with E-state index >= 15 is 0 Å². The normalized spacial score (nSPS) is 18.5. The van der Waals surface area contributed by atoms with Crippen molar-refractivity contribution in [3.63, 3.8) is 0 Å². The molecule has 1 atom stereocenters. The lowest BCUT2D eigenvalue weighted by Crippen LogP contribution is -2.15. The van der Waals surface area contributed by atoms with Crippen LogP contribution in [0.3, 0.4) is 0 Å². The first-order chi connectivity index (χ1) is 7.85. The molecule has 16 heavy (non-hydrogen) atoms. The second-order valence-electron chi connectivity index (χ2n) is 3.24. The van der Waals surface area contributed by atoms with Gasteiger partial charge in [-0.15, -0.1) is 0 Å². The zero-order valence-corrected chi connectivity index (χ0v) is 9.62. The third kappa shape index (κ3) is 2.12. The molecule has 1 aliphatic heterocycles. The lowest BCUT2D eigenvalue weighted by atomic mass is 10.1. The van der Waals surface area contributed by atoms with Crippen LogP contribution in [0.1, 0.15) is 11.6 Å². The Morgan fingerprint density at radius 3 is 3.19 bits per heavy atom. The first kappa shape index (κ1) is 10.8. The standard InChI is InChI=1S/C11H11N3OS/c1-16-11(13-7-12)14-9-6-15-10-5-3-2-4-8(9)10/h2-5,9H,6H2,1H3,(H,13,14). The van der Waals surface area contributed by atoms with Gasteiger partial charge in [-0.25, -0.2) is 4.99 Å². The fraction of sp³-hybridized carbons (Fsp3) is 0.273. The predicted molar refractivity (Wildman–Crippen MR) is 64.4 cm³/mol. The molecule has 5 heteroatoms. The number of amidine groups is 1. The summed E-state index contributed by atoms with van der Waals surface area (Å²) in [5, 5.41) is 11.7. The molecule has 1 aliphatic rings. The molecule has 2 rings (SSSR count). The first-order valence-electron chi connectivity index (χ1n) is 4.83. The number of nitriles is 1. The zero-order valence-electron chi connectivity index (χ0n) is 8.80. The largest absolute Gasteiger partial charge is 0.491 e. The monoisotopic (exact) mass is 233 g/mol. The first-order valence-corrected chi connectivity index (χ1v) is 6.06. The average Bonchev–Trinajstić information content (AvgIpc) is 2.72. The molecule has 0 amide bonds. The van der Waals surface area contributed by atoms with E-state index in [1.807, 2.05) is 36.7 Å². The Morgan fingerprint density at radius 1 is 1.62 bits per heavy atom. The minimum atomic E-state index is -0.0144. The molecule has 1 aromatic carbocycles.